The van der Waals surface area contributed by atoms with Crippen LogP contribution < -0.4 is 10.9 Å². The molecule has 2 atom stereocenters. The molecule has 1 aromatic rings. The van der Waals surface area contributed by atoms with E-state index in [1.54, 1.807) is 32.1 Å². The number of aromatic nitrogens is 1. The fraction of sp³-hybridized carbons (Fsp3) is 0.600. The van der Waals surface area contributed by atoms with Gasteiger partial charge < -0.3 is 19.9 Å². The van der Waals surface area contributed by atoms with Crippen molar-refractivity contribution in [3.05, 3.63) is 28.2 Å². The molecule has 116 valence electrons. The molecule has 0 bridgehead atoms. The molecule has 2 amide bonds. The molecule has 0 aliphatic heterocycles. The van der Waals surface area contributed by atoms with Crippen molar-refractivity contribution in [3.63, 3.8) is 0 Å². The standard InChI is InChI=1S/C15H23N3O3/c1-10-7-14(20)17(2)9-12(10)16-15(21)18(3)8-11-5-4-6-13(11)19/h7,9,11,13,19H,4-6,8H2,1-3H3,(H,16,21). The van der Waals surface area contributed by atoms with Gasteiger partial charge in [0.1, 0.15) is 0 Å². The zero-order valence-electron chi connectivity index (χ0n) is 12.8. The minimum Gasteiger partial charge on any atom is -0.393 e. The number of hydrogen-bond acceptors (Lipinski definition) is 3. The molecule has 1 aliphatic carbocycles. The quantitative estimate of drug-likeness (QED) is 0.882. The third-order valence-electron chi connectivity index (χ3n) is 4.15. The van der Waals surface area contributed by atoms with Gasteiger partial charge in [-0.15, -0.1) is 0 Å². The minimum absolute atomic E-state index is 0.104. The monoisotopic (exact) mass is 293 g/mol. The maximum absolute atomic E-state index is 12.2. The first kappa shape index (κ1) is 15.6. The van der Waals surface area contributed by atoms with Gasteiger partial charge in [0.15, 0.2) is 0 Å². The number of carbonyl (C=O) groups is 1. The van der Waals surface area contributed by atoms with Crippen LogP contribution in [0.1, 0.15) is 24.8 Å². The SMILES string of the molecule is Cc1cc(=O)n(C)cc1NC(=O)N(C)CC1CCCC1O. The topological polar surface area (TPSA) is 74.6 Å². The van der Waals surface area contributed by atoms with E-state index in [4.69, 9.17) is 0 Å². The number of aliphatic hydroxyl groups is 1. The Hall–Kier alpha value is -1.82. The summed E-state index contributed by atoms with van der Waals surface area (Å²) in [5.74, 6) is 0.155. The van der Waals surface area contributed by atoms with Crippen molar-refractivity contribution < 1.29 is 9.90 Å². The summed E-state index contributed by atoms with van der Waals surface area (Å²) in [6.45, 7) is 2.33. The van der Waals surface area contributed by atoms with Crippen LogP contribution in [0.15, 0.2) is 17.1 Å². The van der Waals surface area contributed by atoms with Gasteiger partial charge in [-0.25, -0.2) is 4.79 Å². The fourth-order valence-corrected chi connectivity index (χ4v) is 2.73. The molecule has 0 spiro atoms. The number of aryl methyl sites for hydroxylation is 2. The lowest BCUT2D eigenvalue weighted by Gasteiger charge is -2.24. The predicted molar refractivity (Wildman–Crippen MR) is 81.4 cm³/mol. The first-order chi connectivity index (χ1) is 9.88. The molecule has 1 aromatic heterocycles. The molecule has 1 saturated carbocycles. The zero-order chi connectivity index (χ0) is 15.6. The molecule has 2 unspecified atom stereocenters. The van der Waals surface area contributed by atoms with Gasteiger partial charge in [-0.05, 0) is 25.3 Å². The average Bonchev–Trinajstić information content (AvgIpc) is 2.81. The molecular formula is C15H23N3O3. The molecule has 6 heteroatoms. The van der Waals surface area contributed by atoms with Gasteiger partial charge in [-0.1, -0.05) is 6.42 Å². The maximum Gasteiger partial charge on any atom is 0.321 e. The highest BCUT2D eigenvalue weighted by atomic mass is 16.3. The second kappa shape index (κ2) is 6.30. The Labute approximate surface area is 124 Å². The van der Waals surface area contributed by atoms with Crippen molar-refractivity contribution in [3.8, 4) is 0 Å². The van der Waals surface area contributed by atoms with E-state index >= 15 is 0 Å². The van der Waals surface area contributed by atoms with Crippen molar-refractivity contribution in [1.82, 2.24) is 9.47 Å². The summed E-state index contributed by atoms with van der Waals surface area (Å²) in [4.78, 5) is 25.3. The van der Waals surface area contributed by atoms with Crippen LogP contribution in [0.4, 0.5) is 10.5 Å². The minimum atomic E-state index is -0.306. The lowest BCUT2D eigenvalue weighted by atomic mass is 10.1. The third-order valence-corrected chi connectivity index (χ3v) is 4.15. The van der Waals surface area contributed by atoms with Gasteiger partial charge in [-0.3, -0.25) is 4.79 Å². The van der Waals surface area contributed by atoms with E-state index in [9.17, 15) is 14.7 Å². The number of hydrogen-bond donors (Lipinski definition) is 2. The van der Waals surface area contributed by atoms with Gasteiger partial charge in [0.25, 0.3) is 5.56 Å². The van der Waals surface area contributed by atoms with Crippen molar-refractivity contribution in [1.29, 1.82) is 0 Å². The van der Waals surface area contributed by atoms with Crippen LogP contribution in [0.25, 0.3) is 0 Å². The maximum atomic E-state index is 12.2. The highest BCUT2D eigenvalue weighted by molar-refractivity contribution is 5.89. The lowest BCUT2D eigenvalue weighted by Crippen LogP contribution is -2.37. The molecule has 2 rings (SSSR count). The first-order valence-corrected chi connectivity index (χ1v) is 7.26. The van der Waals surface area contributed by atoms with E-state index in [0.717, 1.165) is 24.8 Å². The third kappa shape index (κ3) is 3.64. The van der Waals surface area contributed by atoms with Crippen LogP contribution >= 0.6 is 0 Å². The number of rotatable bonds is 3. The van der Waals surface area contributed by atoms with Crippen LogP contribution in [0.2, 0.25) is 0 Å². The summed E-state index contributed by atoms with van der Waals surface area (Å²) in [6.07, 6.45) is 4.10. The largest absolute Gasteiger partial charge is 0.393 e. The van der Waals surface area contributed by atoms with Crippen molar-refractivity contribution >= 4 is 11.7 Å². The number of nitrogens with zero attached hydrogens (tertiary/aromatic N) is 2. The fourth-order valence-electron chi connectivity index (χ4n) is 2.73. The molecule has 0 aromatic carbocycles. The highest BCUT2D eigenvalue weighted by Gasteiger charge is 2.27. The predicted octanol–water partition coefficient (Wildman–Crippen LogP) is 1.32. The Balaban J connectivity index is 2.00. The Morgan fingerprint density at radius 1 is 1.52 bits per heavy atom. The normalized spacial score (nSPS) is 21.3. The zero-order valence-corrected chi connectivity index (χ0v) is 12.8. The summed E-state index contributed by atoms with van der Waals surface area (Å²) in [5.41, 5.74) is 1.26. The number of pyridine rings is 1. The van der Waals surface area contributed by atoms with E-state index in [1.165, 1.54) is 10.6 Å². The average molecular weight is 293 g/mol. The van der Waals surface area contributed by atoms with E-state index < -0.39 is 0 Å². The first-order valence-electron chi connectivity index (χ1n) is 7.26. The number of nitrogens with one attached hydrogen (secondary N) is 1. The smallest absolute Gasteiger partial charge is 0.321 e. The molecule has 0 saturated heterocycles. The second-order valence-electron chi connectivity index (χ2n) is 5.89. The summed E-state index contributed by atoms with van der Waals surface area (Å²) < 4.78 is 1.43. The van der Waals surface area contributed by atoms with Gasteiger partial charge in [0, 0.05) is 38.8 Å². The summed E-state index contributed by atoms with van der Waals surface area (Å²) >= 11 is 0. The molecule has 1 heterocycles. The number of amides is 2. The van der Waals surface area contributed by atoms with E-state index in [2.05, 4.69) is 5.32 Å². The number of urea groups is 1. The van der Waals surface area contributed by atoms with Crippen molar-refractivity contribution in [2.75, 3.05) is 18.9 Å². The van der Waals surface area contributed by atoms with Crippen molar-refractivity contribution in [2.45, 2.75) is 32.3 Å². The van der Waals surface area contributed by atoms with Crippen LogP contribution in [-0.4, -0.2) is 40.3 Å². The summed E-state index contributed by atoms with van der Waals surface area (Å²) in [7, 11) is 3.37. The lowest BCUT2D eigenvalue weighted by molar-refractivity contribution is 0.116. The van der Waals surface area contributed by atoms with Gasteiger partial charge in [-0.2, -0.15) is 0 Å². The van der Waals surface area contributed by atoms with E-state index in [-0.39, 0.29) is 23.6 Å². The van der Waals surface area contributed by atoms with Crippen LogP contribution in [0, 0.1) is 12.8 Å². The number of anilines is 1. The van der Waals surface area contributed by atoms with Crippen LogP contribution in [-0.2, 0) is 7.05 Å². The Kier molecular flexibility index (Phi) is 4.67. The second-order valence-corrected chi connectivity index (χ2v) is 5.89. The molecule has 0 radical (unpaired) electrons. The van der Waals surface area contributed by atoms with Gasteiger partial charge >= 0.3 is 6.03 Å². The van der Waals surface area contributed by atoms with Gasteiger partial charge in [0.05, 0.1) is 11.8 Å². The van der Waals surface area contributed by atoms with E-state index in [0.29, 0.717) is 12.2 Å². The van der Waals surface area contributed by atoms with Crippen molar-refractivity contribution in [2.24, 2.45) is 13.0 Å². The molecule has 21 heavy (non-hydrogen) atoms. The molecule has 6 nitrogen and oxygen atoms in total. The molecule has 1 aliphatic rings. The Bertz CT molecular complexity index is 582. The molecule has 1 fully saturated rings. The molecule has 2 N–H and O–H groups in total. The van der Waals surface area contributed by atoms with Crippen LogP contribution in [0.3, 0.4) is 0 Å². The van der Waals surface area contributed by atoms with Gasteiger partial charge in [0.2, 0.25) is 0 Å². The highest BCUT2D eigenvalue weighted by Crippen LogP contribution is 2.26. The van der Waals surface area contributed by atoms with E-state index in [1.807, 2.05) is 0 Å². The Morgan fingerprint density at radius 2 is 2.24 bits per heavy atom. The number of carbonyl (C=O) groups excluding carboxylic acids is 1. The molecular weight excluding hydrogens is 270 g/mol. The summed E-state index contributed by atoms with van der Waals surface area (Å²) in [5, 5.41) is 12.6. The van der Waals surface area contributed by atoms with Crippen LogP contribution in [0.5, 0.6) is 0 Å². The Morgan fingerprint density at radius 3 is 2.86 bits per heavy atom. The summed E-state index contributed by atoms with van der Waals surface area (Å²) in [6, 6.07) is 1.27. The number of aliphatic hydroxyl groups excluding tert-OH is 1.